The third kappa shape index (κ3) is 3.24. The number of rotatable bonds is 6. The molecule has 3 nitrogen and oxygen atoms in total. The highest BCUT2D eigenvalue weighted by molar-refractivity contribution is 5.43. The highest BCUT2D eigenvalue weighted by Crippen LogP contribution is 2.34. The van der Waals surface area contributed by atoms with Crippen LogP contribution in [0.4, 0.5) is 0 Å². The molecule has 0 saturated heterocycles. The van der Waals surface area contributed by atoms with Crippen molar-refractivity contribution in [3.63, 3.8) is 0 Å². The molecule has 0 heterocycles. The van der Waals surface area contributed by atoms with E-state index in [-0.39, 0.29) is 12.6 Å². The lowest BCUT2D eigenvalue weighted by Crippen LogP contribution is -2.18. The zero-order valence-corrected chi connectivity index (χ0v) is 10.9. The molecule has 1 aromatic carbocycles. The van der Waals surface area contributed by atoms with Crippen molar-refractivity contribution in [2.75, 3.05) is 13.2 Å². The van der Waals surface area contributed by atoms with E-state index in [4.69, 9.17) is 15.6 Å². The lowest BCUT2D eigenvalue weighted by molar-refractivity contribution is 0.264. The Morgan fingerprint density at radius 3 is 3.00 bits per heavy atom. The fraction of sp³-hybridized carbons (Fsp3) is 0.600. The standard InChI is InChI=1S/C15H23NO2/c16-14-8-4-7-13-12(14)6-5-9-15(13)18-11-3-1-2-10-17/h5-6,9,14,17H,1-4,7-8,10-11,16H2. The van der Waals surface area contributed by atoms with Gasteiger partial charge in [0.05, 0.1) is 6.61 Å². The van der Waals surface area contributed by atoms with Crippen LogP contribution in [0, 0.1) is 0 Å². The van der Waals surface area contributed by atoms with Crippen LogP contribution in [0.15, 0.2) is 18.2 Å². The SMILES string of the molecule is NC1CCCc2c(OCCCCCO)cccc21. The van der Waals surface area contributed by atoms with Gasteiger partial charge in [-0.3, -0.25) is 0 Å². The number of unbranched alkanes of at least 4 members (excludes halogenated alkanes) is 2. The fourth-order valence-corrected chi connectivity index (χ4v) is 2.56. The summed E-state index contributed by atoms with van der Waals surface area (Å²) in [5, 5.41) is 8.72. The number of hydrogen-bond donors (Lipinski definition) is 2. The molecule has 0 bridgehead atoms. The Labute approximate surface area is 109 Å². The van der Waals surface area contributed by atoms with E-state index in [9.17, 15) is 0 Å². The van der Waals surface area contributed by atoms with Crippen LogP contribution in [0.2, 0.25) is 0 Å². The Hall–Kier alpha value is -1.06. The molecule has 0 aliphatic heterocycles. The Balaban J connectivity index is 1.94. The fourth-order valence-electron chi connectivity index (χ4n) is 2.56. The molecule has 0 radical (unpaired) electrons. The molecule has 1 aromatic rings. The zero-order valence-electron chi connectivity index (χ0n) is 10.9. The first-order chi connectivity index (χ1) is 8.83. The van der Waals surface area contributed by atoms with Gasteiger partial charge in [0.25, 0.3) is 0 Å². The van der Waals surface area contributed by atoms with Crippen LogP contribution in [0.5, 0.6) is 5.75 Å². The van der Waals surface area contributed by atoms with Crippen LogP contribution in [0.3, 0.4) is 0 Å². The van der Waals surface area contributed by atoms with E-state index in [1.165, 1.54) is 11.1 Å². The van der Waals surface area contributed by atoms with E-state index < -0.39 is 0 Å². The minimum absolute atomic E-state index is 0.173. The van der Waals surface area contributed by atoms with Crippen LogP contribution >= 0.6 is 0 Å². The largest absolute Gasteiger partial charge is 0.493 e. The van der Waals surface area contributed by atoms with Crippen molar-refractivity contribution < 1.29 is 9.84 Å². The molecule has 0 fully saturated rings. The summed E-state index contributed by atoms with van der Waals surface area (Å²) in [6.07, 6.45) is 6.18. The van der Waals surface area contributed by atoms with Crippen molar-refractivity contribution in [2.24, 2.45) is 5.73 Å². The van der Waals surface area contributed by atoms with E-state index in [1.54, 1.807) is 0 Å². The zero-order chi connectivity index (χ0) is 12.8. The first-order valence-corrected chi connectivity index (χ1v) is 6.94. The lowest BCUT2D eigenvalue weighted by atomic mass is 9.87. The number of ether oxygens (including phenoxy) is 1. The van der Waals surface area contributed by atoms with E-state index in [2.05, 4.69) is 6.07 Å². The summed E-state index contributed by atoms with van der Waals surface area (Å²) < 4.78 is 5.86. The minimum Gasteiger partial charge on any atom is -0.493 e. The Morgan fingerprint density at radius 2 is 2.17 bits per heavy atom. The molecule has 0 amide bonds. The predicted octanol–water partition coefficient (Wildman–Crippen LogP) is 2.56. The number of fused-ring (bicyclic) bond motifs is 1. The maximum absolute atomic E-state index is 8.72. The Bertz CT molecular complexity index is 379. The quantitative estimate of drug-likeness (QED) is 0.762. The third-order valence-electron chi connectivity index (χ3n) is 3.57. The van der Waals surface area contributed by atoms with Gasteiger partial charge in [-0.2, -0.15) is 0 Å². The average Bonchev–Trinajstić information content (AvgIpc) is 2.39. The second-order valence-corrected chi connectivity index (χ2v) is 4.96. The Morgan fingerprint density at radius 1 is 1.28 bits per heavy atom. The monoisotopic (exact) mass is 249 g/mol. The molecule has 18 heavy (non-hydrogen) atoms. The van der Waals surface area contributed by atoms with Crippen molar-refractivity contribution in [3.05, 3.63) is 29.3 Å². The van der Waals surface area contributed by atoms with Gasteiger partial charge >= 0.3 is 0 Å². The van der Waals surface area contributed by atoms with Crippen molar-refractivity contribution in [1.29, 1.82) is 0 Å². The molecule has 2 rings (SSSR count). The highest BCUT2D eigenvalue weighted by atomic mass is 16.5. The third-order valence-corrected chi connectivity index (χ3v) is 3.57. The summed E-state index contributed by atoms with van der Waals surface area (Å²) in [6, 6.07) is 6.38. The Kier molecular flexibility index (Phi) is 5.02. The smallest absolute Gasteiger partial charge is 0.122 e. The first-order valence-electron chi connectivity index (χ1n) is 6.94. The highest BCUT2D eigenvalue weighted by Gasteiger charge is 2.19. The molecule has 100 valence electrons. The second kappa shape index (κ2) is 6.76. The number of benzene rings is 1. The predicted molar refractivity (Wildman–Crippen MR) is 72.7 cm³/mol. The van der Waals surface area contributed by atoms with Crippen molar-refractivity contribution in [3.8, 4) is 5.75 Å². The molecule has 1 aliphatic rings. The topological polar surface area (TPSA) is 55.5 Å². The van der Waals surface area contributed by atoms with Gasteiger partial charge in [-0.25, -0.2) is 0 Å². The molecule has 0 spiro atoms. The summed E-state index contributed by atoms with van der Waals surface area (Å²) in [5.41, 5.74) is 8.69. The van der Waals surface area contributed by atoms with Crippen LogP contribution in [-0.2, 0) is 6.42 Å². The van der Waals surface area contributed by atoms with Gasteiger partial charge in [0.15, 0.2) is 0 Å². The summed E-state index contributed by atoms with van der Waals surface area (Å²) in [4.78, 5) is 0. The molecule has 1 unspecified atom stereocenters. The van der Waals surface area contributed by atoms with Crippen LogP contribution in [0.25, 0.3) is 0 Å². The van der Waals surface area contributed by atoms with Gasteiger partial charge in [-0.1, -0.05) is 12.1 Å². The molecule has 1 atom stereocenters. The van der Waals surface area contributed by atoms with Gasteiger partial charge in [-0.15, -0.1) is 0 Å². The first kappa shape index (κ1) is 13.4. The maximum Gasteiger partial charge on any atom is 0.122 e. The van der Waals surface area contributed by atoms with Gasteiger partial charge in [-0.05, 0) is 55.7 Å². The minimum atomic E-state index is 0.173. The van der Waals surface area contributed by atoms with E-state index in [0.29, 0.717) is 0 Å². The average molecular weight is 249 g/mol. The number of aliphatic hydroxyl groups excluding tert-OH is 1. The molecular formula is C15H23NO2. The molecule has 3 N–H and O–H groups in total. The van der Waals surface area contributed by atoms with Gasteiger partial charge < -0.3 is 15.6 Å². The normalized spacial score (nSPS) is 18.4. The molecular weight excluding hydrogens is 226 g/mol. The molecule has 3 heteroatoms. The summed E-state index contributed by atoms with van der Waals surface area (Å²) >= 11 is 0. The summed E-state index contributed by atoms with van der Waals surface area (Å²) in [6.45, 7) is 1.00. The number of aliphatic hydroxyl groups is 1. The van der Waals surface area contributed by atoms with Crippen molar-refractivity contribution in [1.82, 2.24) is 0 Å². The van der Waals surface area contributed by atoms with Crippen LogP contribution in [0.1, 0.15) is 49.3 Å². The molecule has 1 aliphatic carbocycles. The second-order valence-electron chi connectivity index (χ2n) is 4.96. The number of nitrogens with two attached hydrogens (primary N) is 1. The summed E-state index contributed by atoms with van der Waals surface area (Å²) in [5.74, 6) is 1.01. The maximum atomic E-state index is 8.72. The van der Waals surface area contributed by atoms with Gasteiger partial charge in [0.2, 0.25) is 0 Å². The van der Waals surface area contributed by atoms with Crippen molar-refractivity contribution in [2.45, 2.75) is 44.6 Å². The summed E-state index contributed by atoms with van der Waals surface area (Å²) in [7, 11) is 0. The van der Waals surface area contributed by atoms with Gasteiger partial charge in [0.1, 0.15) is 5.75 Å². The van der Waals surface area contributed by atoms with E-state index in [1.807, 2.05) is 12.1 Å². The van der Waals surface area contributed by atoms with Crippen LogP contribution < -0.4 is 10.5 Å². The number of hydrogen-bond acceptors (Lipinski definition) is 3. The van der Waals surface area contributed by atoms with E-state index in [0.717, 1.165) is 50.9 Å². The van der Waals surface area contributed by atoms with E-state index >= 15 is 0 Å². The molecule has 0 saturated carbocycles. The van der Waals surface area contributed by atoms with Crippen LogP contribution in [-0.4, -0.2) is 18.3 Å². The van der Waals surface area contributed by atoms with Crippen molar-refractivity contribution >= 4 is 0 Å². The molecule has 0 aromatic heterocycles. The lowest BCUT2D eigenvalue weighted by Gasteiger charge is -2.24. The van der Waals surface area contributed by atoms with Gasteiger partial charge in [0, 0.05) is 12.6 Å².